The molecule has 5 heteroatoms. The van der Waals surface area contributed by atoms with Crippen LogP contribution in [0.1, 0.15) is 0 Å². The molecule has 0 N–H and O–H groups in total. The fraction of sp³-hybridized carbons (Fsp3) is 0. The molecule has 0 aliphatic carbocycles. The van der Waals surface area contributed by atoms with Gasteiger partial charge < -0.3 is 9.32 Å². The molecule has 0 saturated carbocycles. The first-order valence-corrected chi connectivity index (χ1v) is 2.10. The zero-order valence-electron chi connectivity index (χ0n) is 2.18. The van der Waals surface area contributed by atoms with Crippen LogP contribution in [0.25, 0.3) is 0 Å². The topological polar surface area (TPSA) is 55.3 Å². The van der Waals surface area contributed by atoms with Gasteiger partial charge in [-0.15, -0.1) is 0 Å². The van der Waals surface area contributed by atoms with E-state index in [4.69, 9.17) is 9.32 Å². The standard InChI is InChI=1S/ClH2O3P/c2-1(3)4-5/h5H2. The van der Waals surface area contributed by atoms with E-state index in [0.717, 1.165) is 0 Å². The molecule has 0 aliphatic heterocycles. The van der Waals surface area contributed by atoms with Gasteiger partial charge in [0.25, 0.3) is 10.8 Å². The lowest BCUT2D eigenvalue weighted by molar-refractivity contribution is -1.62. The maximum atomic E-state index is 9.09. The molecule has 0 radical (unpaired) electrons. The van der Waals surface area contributed by atoms with Crippen LogP contribution in [0.5, 0.6) is 0 Å². The van der Waals surface area contributed by atoms with E-state index in [9.17, 15) is 0 Å². The molecular weight excluding hydrogens is 114 g/mol. The summed E-state index contributed by atoms with van der Waals surface area (Å²) in [5, 5.41) is 0. The van der Waals surface area contributed by atoms with Gasteiger partial charge >= 0.3 is 0 Å². The SMILES string of the molecule is [O-][Cl+2]([O-])OP. The number of hydrogen-bond acceptors (Lipinski definition) is 3. The van der Waals surface area contributed by atoms with Crippen molar-refractivity contribution in [1.82, 2.24) is 0 Å². The molecule has 0 heterocycles. The van der Waals surface area contributed by atoms with Crippen molar-refractivity contribution in [3.63, 3.8) is 0 Å². The minimum absolute atomic E-state index is 1.57. The van der Waals surface area contributed by atoms with E-state index in [1.807, 2.05) is 0 Å². The fourth-order valence-corrected chi connectivity index (χ4v) is 0. The minimum atomic E-state index is -2.08. The first kappa shape index (κ1) is 5.60. The molecule has 0 bridgehead atoms. The maximum absolute atomic E-state index is 9.09. The summed E-state index contributed by atoms with van der Waals surface area (Å²) in [5.41, 5.74) is 0. The average Bonchev–Trinajstić information content (AvgIpc) is 1.38. The Balaban J connectivity index is 2.54. The molecule has 32 valence electrons. The second-order valence-corrected chi connectivity index (χ2v) is 1.37. The van der Waals surface area contributed by atoms with Crippen molar-refractivity contribution in [1.29, 1.82) is 0 Å². The molecule has 0 aromatic carbocycles. The first-order chi connectivity index (χ1) is 2.27. The first-order valence-electron chi connectivity index (χ1n) is 0.699. The van der Waals surface area contributed by atoms with E-state index in [-0.39, 0.29) is 0 Å². The van der Waals surface area contributed by atoms with Crippen molar-refractivity contribution in [3.05, 3.63) is 0 Å². The van der Waals surface area contributed by atoms with Gasteiger partial charge in [0.2, 0.25) is 0 Å². The van der Waals surface area contributed by atoms with Gasteiger partial charge in [-0.2, -0.15) is 0 Å². The van der Waals surface area contributed by atoms with E-state index in [2.05, 4.69) is 4.08 Å². The second-order valence-electron chi connectivity index (χ2n) is 0.278. The van der Waals surface area contributed by atoms with Crippen LogP contribution in [-0.2, 0) is 4.08 Å². The van der Waals surface area contributed by atoms with Crippen molar-refractivity contribution < 1.29 is 24.2 Å². The van der Waals surface area contributed by atoms with E-state index in [1.165, 1.54) is 0 Å². The van der Waals surface area contributed by atoms with E-state index in [1.54, 1.807) is 9.47 Å². The van der Waals surface area contributed by atoms with Crippen LogP contribution in [0.4, 0.5) is 0 Å². The predicted molar refractivity (Wildman–Crippen MR) is 10.8 cm³/mol. The van der Waals surface area contributed by atoms with Crippen molar-refractivity contribution in [2.75, 3.05) is 0 Å². The molecule has 1 atom stereocenters. The lowest BCUT2D eigenvalue weighted by Gasteiger charge is -1.81. The monoisotopic (exact) mass is 116 g/mol. The molecule has 0 aromatic rings. The quantitative estimate of drug-likeness (QED) is 0.368. The van der Waals surface area contributed by atoms with E-state index >= 15 is 0 Å². The van der Waals surface area contributed by atoms with Crippen molar-refractivity contribution in [3.8, 4) is 0 Å². The van der Waals surface area contributed by atoms with Gasteiger partial charge in [-0.1, -0.05) is 0 Å². The highest BCUT2D eigenvalue weighted by Gasteiger charge is 1.93. The van der Waals surface area contributed by atoms with Gasteiger partial charge in [-0.05, 0) is 0 Å². The van der Waals surface area contributed by atoms with Gasteiger partial charge in [0.15, 0.2) is 0 Å². The van der Waals surface area contributed by atoms with Crippen LogP contribution >= 0.6 is 9.47 Å². The van der Waals surface area contributed by atoms with Crippen LogP contribution in [-0.4, -0.2) is 0 Å². The molecule has 0 spiro atoms. The third-order valence-electron chi connectivity index (χ3n) is 0.0727. The Morgan fingerprint density at radius 2 is 1.80 bits per heavy atom. The van der Waals surface area contributed by atoms with Crippen LogP contribution in [0.2, 0.25) is 0 Å². The number of rotatable bonds is 1. The van der Waals surface area contributed by atoms with Crippen LogP contribution < -0.4 is 9.32 Å². The highest BCUT2D eigenvalue weighted by Crippen LogP contribution is 1.83. The number of hydrogen-bond donors (Lipinski definition) is 0. The molecule has 0 amide bonds. The fourth-order valence-electron chi connectivity index (χ4n) is 0. The lowest BCUT2D eigenvalue weighted by Crippen LogP contribution is -2.31. The summed E-state index contributed by atoms with van der Waals surface area (Å²) in [5.74, 6) is 0. The normalized spacial score (nSPS) is 9.60. The van der Waals surface area contributed by atoms with Crippen molar-refractivity contribution in [2.45, 2.75) is 0 Å². The van der Waals surface area contributed by atoms with Crippen molar-refractivity contribution >= 4 is 9.47 Å². The molecule has 1 unspecified atom stereocenters. The van der Waals surface area contributed by atoms with Crippen LogP contribution in [0, 0.1) is 10.8 Å². The molecule has 0 aliphatic rings. The summed E-state index contributed by atoms with van der Waals surface area (Å²) in [6.45, 7) is 0. The van der Waals surface area contributed by atoms with Gasteiger partial charge in [0.1, 0.15) is 9.47 Å². The van der Waals surface area contributed by atoms with E-state index < -0.39 is 10.8 Å². The lowest BCUT2D eigenvalue weighted by atomic mass is 15.8. The van der Waals surface area contributed by atoms with E-state index in [0.29, 0.717) is 0 Å². The summed E-state index contributed by atoms with van der Waals surface area (Å²) < 4.78 is 21.7. The molecule has 0 rings (SSSR count). The Bertz CT molecular complexity index is 20.9. The third-order valence-corrected chi connectivity index (χ3v) is 0.655. The summed E-state index contributed by atoms with van der Waals surface area (Å²) in [6, 6.07) is 0. The second kappa shape index (κ2) is 2.82. The third kappa shape index (κ3) is 4.60. The van der Waals surface area contributed by atoms with Crippen molar-refractivity contribution in [2.24, 2.45) is 0 Å². The average molecular weight is 116 g/mol. The van der Waals surface area contributed by atoms with Gasteiger partial charge in [-0.25, -0.2) is 0 Å². The Kier molecular flexibility index (Phi) is 3.16. The molecular formula is H2ClO3P. The summed E-state index contributed by atoms with van der Waals surface area (Å²) in [7, 11) is -0.519. The molecule has 0 saturated heterocycles. The highest BCUT2D eigenvalue weighted by atomic mass is 35.6. The Morgan fingerprint density at radius 3 is 1.80 bits per heavy atom. The number of halogens is 1. The summed E-state index contributed by atoms with van der Waals surface area (Å²) in [4.78, 5) is 0. The molecule has 0 fully saturated rings. The molecule has 0 aromatic heterocycles. The molecule has 5 heavy (non-hydrogen) atoms. The van der Waals surface area contributed by atoms with Gasteiger partial charge in [0, 0.05) is 4.08 Å². The zero-order chi connectivity index (χ0) is 4.28. The zero-order valence-corrected chi connectivity index (χ0v) is 4.09. The Morgan fingerprint density at radius 1 is 1.60 bits per heavy atom. The Labute approximate surface area is 34.6 Å². The summed E-state index contributed by atoms with van der Waals surface area (Å²) in [6.07, 6.45) is 0. The molecule has 3 nitrogen and oxygen atoms in total. The predicted octanol–water partition coefficient (Wildman–Crippen LogP) is -2.12. The van der Waals surface area contributed by atoms with Gasteiger partial charge in [-0.3, -0.25) is 0 Å². The minimum Gasteiger partial charge on any atom is -0.320 e. The van der Waals surface area contributed by atoms with Crippen LogP contribution in [0.15, 0.2) is 0 Å². The smallest absolute Gasteiger partial charge is 0.288 e. The Hall–Kier alpha value is 0.600. The van der Waals surface area contributed by atoms with Gasteiger partial charge in [0.05, 0.1) is 0 Å². The maximum Gasteiger partial charge on any atom is 0.288 e. The summed E-state index contributed by atoms with van der Waals surface area (Å²) >= 11 is 0. The highest BCUT2D eigenvalue weighted by molar-refractivity contribution is 7.09. The van der Waals surface area contributed by atoms with Crippen LogP contribution in [0.3, 0.4) is 0 Å². The largest absolute Gasteiger partial charge is 0.320 e.